The zero-order valence-electron chi connectivity index (χ0n) is 9.95. The van der Waals surface area contributed by atoms with Crippen molar-refractivity contribution in [2.75, 3.05) is 13.2 Å². The van der Waals surface area contributed by atoms with Gasteiger partial charge < -0.3 is 10.1 Å². The molecule has 2 heterocycles. The Balaban J connectivity index is 2.28. The second kappa shape index (κ2) is 5.77. The van der Waals surface area contributed by atoms with Crippen molar-refractivity contribution in [2.24, 2.45) is 0 Å². The van der Waals surface area contributed by atoms with Crippen LogP contribution in [0.3, 0.4) is 0 Å². The lowest BCUT2D eigenvalue weighted by molar-refractivity contribution is 0.167. The predicted molar refractivity (Wildman–Crippen MR) is 63.9 cm³/mol. The maximum atomic E-state index is 13.7. The van der Waals surface area contributed by atoms with Crippen molar-refractivity contribution in [1.29, 1.82) is 0 Å². The molecule has 17 heavy (non-hydrogen) atoms. The Kier molecular flexibility index (Phi) is 4.09. The van der Waals surface area contributed by atoms with Crippen LogP contribution in [0.25, 0.3) is 0 Å². The van der Waals surface area contributed by atoms with Gasteiger partial charge in [0.1, 0.15) is 11.6 Å². The van der Waals surface area contributed by atoms with E-state index in [4.69, 9.17) is 4.74 Å². The first-order valence-electron chi connectivity index (χ1n) is 5.98. The van der Waals surface area contributed by atoms with Gasteiger partial charge >= 0.3 is 0 Å². The third kappa shape index (κ3) is 2.82. The van der Waals surface area contributed by atoms with Gasteiger partial charge in [0.15, 0.2) is 0 Å². The van der Waals surface area contributed by atoms with Crippen LogP contribution in [0.2, 0.25) is 0 Å². The minimum atomic E-state index is -0.298. The number of ether oxygens (including phenoxy) is 1. The van der Waals surface area contributed by atoms with Crippen LogP contribution in [-0.2, 0) is 4.74 Å². The zero-order valence-corrected chi connectivity index (χ0v) is 9.95. The summed E-state index contributed by atoms with van der Waals surface area (Å²) in [4.78, 5) is 3.77. The maximum Gasteiger partial charge on any atom is 0.146 e. The van der Waals surface area contributed by atoms with Crippen molar-refractivity contribution in [2.45, 2.75) is 25.8 Å². The Labute approximate surface area is 101 Å². The van der Waals surface area contributed by atoms with Crippen LogP contribution in [0.4, 0.5) is 4.39 Å². The van der Waals surface area contributed by atoms with Gasteiger partial charge in [0.05, 0.1) is 18.8 Å². The van der Waals surface area contributed by atoms with Gasteiger partial charge in [-0.15, -0.1) is 0 Å². The molecule has 1 N–H and O–H groups in total. The number of likely N-dealkylation sites (N-methyl/N-ethyl adjacent to an activating group) is 1. The predicted octanol–water partition coefficient (Wildman–Crippen LogP) is 2.57. The summed E-state index contributed by atoms with van der Waals surface area (Å²) in [6.07, 6.45) is 6.90. The Morgan fingerprint density at radius 1 is 1.59 bits per heavy atom. The molecule has 1 aliphatic heterocycles. The molecule has 2 rings (SSSR count). The lowest BCUT2D eigenvalue weighted by atomic mass is 10.0. The largest absolute Gasteiger partial charge is 0.496 e. The average molecular weight is 236 g/mol. The van der Waals surface area contributed by atoms with Crippen molar-refractivity contribution >= 4 is 0 Å². The molecule has 0 amide bonds. The Morgan fingerprint density at radius 2 is 2.47 bits per heavy atom. The molecule has 1 aromatic heterocycles. The van der Waals surface area contributed by atoms with E-state index >= 15 is 0 Å². The molecule has 1 aromatic rings. The summed E-state index contributed by atoms with van der Waals surface area (Å²) in [5.74, 6) is 0.525. The summed E-state index contributed by atoms with van der Waals surface area (Å²) in [5, 5.41) is 3.25. The van der Waals surface area contributed by atoms with E-state index in [-0.39, 0.29) is 11.9 Å². The highest BCUT2D eigenvalue weighted by atomic mass is 19.1. The molecule has 0 bridgehead atoms. The number of halogens is 1. The second-order valence-electron chi connectivity index (χ2n) is 3.99. The third-order valence-corrected chi connectivity index (χ3v) is 2.77. The minimum Gasteiger partial charge on any atom is -0.496 e. The summed E-state index contributed by atoms with van der Waals surface area (Å²) in [7, 11) is 0. The van der Waals surface area contributed by atoms with E-state index in [1.807, 2.05) is 13.0 Å². The van der Waals surface area contributed by atoms with E-state index in [2.05, 4.69) is 10.3 Å². The number of allylic oxidation sites excluding steroid dienone is 1. The molecule has 0 aromatic carbocycles. The van der Waals surface area contributed by atoms with Crippen LogP contribution in [0.15, 0.2) is 30.3 Å². The van der Waals surface area contributed by atoms with Crippen molar-refractivity contribution in [1.82, 2.24) is 10.3 Å². The first-order valence-corrected chi connectivity index (χ1v) is 5.98. The van der Waals surface area contributed by atoms with Gasteiger partial charge in [-0.3, -0.25) is 4.98 Å². The molecule has 3 nitrogen and oxygen atoms in total. The van der Waals surface area contributed by atoms with Crippen LogP contribution < -0.4 is 5.32 Å². The lowest BCUT2D eigenvalue weighted by Gasteiger charge is -2.24. The number of rotatable bonds is 4. The molecule has 0 saturated carbocycles. The second-order valence-corrected chi connectivity index (χ2v) is 3.99. The summed E-state index contributed by atoms with van der Waals surface area (Å²) in [6.45, 7) is 3.46. The fourth-order valence-corrected chi connectivity index (χ4v) is 1.97. The highest BCUT2D eigenvalue weighted by molar-refractivity contribution is 5.25. The standard InChI is InChI=1S/C13H17FN2O/c1-2-16-13(12-5-3-4-8-17-12)10-6-7-15-9-11(10)14/h5-7,9,13,16H,2-4,8H2,1H3. The summed E-state index contributed by atoms with van der Waals surface area (Å²) in [5.41, 5.74) is 0.593. The monoisotopic (exact) mass is 236 g/mol. The van der Waals surface area contributed by atoms with E-state index in [1.54, 1.807) is 12.3 Å². The average Bonchev–Trinajstić information content (AvgIpc) is 2.38. The molecular weight excluding hydrogens is 219 g/mol. The quantitative estimate of drug-likeness (QED) is 0.872. The van der Waals surface area contributed by atoms with E-state index in [9.17, 15) is 4.39 Å². The fraction of sp³-hybridized carbons (Fsp3) is 0.462. The van der Waals surface area contributed by atoms with E-state index < -0.39 is 0 Å². The van der Waals surface area contributed by atoms with Gasteiger partial charge in [-0.25, -0.2) is 4.39 Å². The van der Waals surface area contributed by atoms with Gasteiger partial charge in [0, 0.05) is 11.8 Å². The molecule has 0 radical (unpaired) electrons. The van der Waals surface area contributed by atoms with Crippen molar-refractivity contribution < 1.29 is 9.13 Å². The van der Waals surface area contributed by atoms with E-state index in [0.717, 1.165) is 25.1 Å². The summed E-state index contributed by atoms with van der Waals surface area (Å²) in [6, 6.07) is 1.49. The summed E-state index contributed by atoms with van der Waals surface area (Å²) < 4.78 is 19.3. The normalized spacial score (nSPS) is 17.2. The van der Waals surface area contributed by atoms with Gasteiger partial charge in [-0.2, -0.15) is 0 Å². The zero-order chi connectivity index (χ0) is 12.1. The molecule has 4 heteroatoms. The van der Waals surface area contributed by atoms with Crippen LogP contribution in [0.1, 0.15) is 31.4 Å². The van der Waals surface area contributed by atoms with E-state index in [1.165, 1.54) is 6.20 Å². The first-order chi connectivity index (χ1) is 8.33. The molecule has 1 unspecified atom stereocenters. The minimum absolute atomic E-state index is 0.205. The first kappa shape index (κ1) is 12.0. The fourth-order valence-electron chi connectivity index (χ4n) is 1.97. The molecular formula is C13H17FN2O. The number of nitrogens with one attached hydrogen (secondary N) is 1. The number of pyridine rings is 1. The van der Waals surface area contributed by atoms with Crippen LogP contribution in [0.5, 0.6) is 0 Å². The van der Waals surface area contributed by atoms with Crippen LogP contribution in [-0.4, -0.2) is 18.1 Å². The van der Waals surface area contributed by atoms with Crippen molar-refractivity contribution in [3.05, 3.63) is 41.7 Å². The third-order valence-electron chi connectivity index (χ3n) is 2.77. The molecule has 0 fully saturated rings. The molecule has 0 aliphatic carbocycles. The maximum absolute atomic E-state index is 13.7. The van der Waals surface area contributed by atoms with Gasteiger partial charge in [0.25, 0.3) is 0 Å². The molecule has 1 atom stereocenters. The Bertz CT molecular complexity index is 406. The van der Waals surface area contributed by atoms with Gasteiger partial charge in [-0.05, 0) is 31.5 Å². The van der Waals surface area contributed by atoms with Crippen LogP contribution >= 0.6 is 0 Å². The molecule has 0 saturated heterocycles. The number of hydrogen-bond acceptors (Lipinski definition) is 3. The molecule has 92 valence electrons. The highest BCUT2D eigenvalue weighted by Gasteiger charge is 2.21. The SMILES string of the molecule is CCNC(C1=CCCCO1)c1ccncc1F. The smallest absolute Gasteiger partial charge is 0.146 e. The van der Waals surface area contributed by atoms with Crippen LogP contribution in [0, 0.1) is 5.82 Å². The van der Waals surface area contributed by atoms with E-state index in [0.29, 0.717) is 12.2 Å². The molecule has 0 spiro atoms. The summed E-state index contributed by atoms with van der Waals surface area (Å²) >= 11 is 0. The van der Waals surface area contributed by atoms with Gasteiger partial charge in [-0.1, -0.05) is 6.92 Å². The number of nitrogens with zero attached hydrogens (tertiary/aromatic N) is 1. The van der Waals surface area contributed by atoms with Crippen molar-refractivity contribution in [3.8, 4) is 0 Å². The highest BCUT2D eigenvalue weighted by Crippen LogP contribution is 2.27. The molecule has 1 aliphatic rings. The van der Waals surface area contributed by atoms with Crippen molar-refractivity contribution in [3.63, 3.8) is 0 Å². The lowest BCUT2D eigenvalue weighted by Crippen LogP contribution is -2.26. The number of hydrogen-bond donors (Lipinski definition) is 1. The number of aromatic nitrogens is 1. The Morgan fingerprint density at radius 3 is 3.12 bits per heavy atom. The Hall–Kier alpha value is -1.42. The topological polar surface area (TPSA) is 34.1 Å². The van der Waals surface area contributed by atoms with Gasteiger partial charge in [0.2, 0.25) is 0 Å².